The fraction of sp³-hybridized carbons (Fsp3) is 0.667. The molecule has 1 saturated heterocycles. The third kappa shape index (κ3) is 3.98. The Kier molecular flexibility index (Phi) is 4.88. The summed E-state index contributed by atoms with van der Waals surface area (Å²) in [5.41, 5.74) is 0.556. The first-order valence-electron chi connectivity index (χ1n) is 7.08. The Balaban J connectivity index is 1.78. The molecule has 0 saturated carbocycles. The first-order chi connectivity index (χ1) is 9.06. The summed E-state index contributed by atoms with van der Waals surface area (Å²) in [6.45, 7) is 7.66. The molecule has 0 amide bonds. The fourth-order valence-corrected chi connectivity index (χ4v) is 2.65. The van der Waals surface area contributed by atoms with Gasteiger partial charge in [-0.05, 0) is 43.4 Å². The number of pyridine rings is 1. The molecule has 1 aromatic rings. The van der Waals surface area contributed by atoms with Crippen molar-refractivity contribution in [2.45, 2.75) is 32.8 Å². The molecule has 2 heterocycles. The summed E-state index contributed by atoms with van der Waals surface area (Å²) < 4.78 is 12.7. The van der Waals surface area contributed by atoms with Crippen molar-refractivity contribution in [2.75, 3.05) is 19.6 Å². The molecule has 0 spiro atoms. The van der Waals surface area contributed by atoms with E-state index in [0.717, 1.165) is 37.7 Å². The Labute approximate surface area is 114 Å². The van der Waals surface area contributed by atoms with Crippen LogP contribution in [0.4, 0.5) is 4.39 Å². The van der Waals surface area contributed by atoms with E-state index in [9.17, 15) is 9.50 Å². The minimum Gasteiger partial charge on any atom is -0.387 e. The summed E-state index contributed by atoms with van der Waals surface area (Å²) in [5, 5.41) is 10.0. The maximum Gasteiger partial charge on any atom is 0.141 e. The van der Waals surface area contributed by atoms with Crippen LogP contribution in [-0.2, 0) is 0 Å². The standard InChI is InChI=1S/C15H23FN2O/c1-11(2)12-5-7-18(10-12)8-6-15(19)14-4-3-13(16)9-17-14/h3-4,9,11-12,15,19H,5-8,10H2,1-2H3. The van der Waals surface area contributed by atoms with Gasteiger partial charge in [0.2, 0.25) is 0 Å². The van der Waals surface area contributed by atoms with Crippen LogP contribution in [-0.4, -0.2) is 34.6 Å². The van der Waals surface area contributed by atoms with Crippen molar-refractivity contribution in [3.63, 3.8) is 0 Å². The molecule has 19 heavy (non-hydrogen) atoms. The van der Waals surface area contributed by atoms with E-state index in [-0.39, 0.29) is 5.82 Å². The van der Waals surface area contributed by atoms with Crippen molar-refractivity contribution in [3.05, 3.63) is 29.8 Å². The lowest BCUT2D eigenvalue weighted by atomic mass is 9.95. The van der Waals surface area contributed by atoms with Gasteiger partial charge >= 0.3 is 0 Å². The fourth-order valence-electron chi connectivity index (χ4n) is 2.65. The van der Waals surface area contributed by atoms with Gasteiger partial charge in [-0.3, -0.25) is 4.98 Å². The van der Waals surface area contributed by atoms with Crippen molar-refractivity contribution in [1.29, 1.82) is 0 Å². The van der Waals surface area contributed by atoms with Crippen LogP contribution in [0.3, 0.4) is 0 Å². The largest absolute Gasteiger partial charge is 0.387 e. The highest BCUT2D eigenvalue weighted by Crippen LogP contribution is 2.24. The molecule has 0 aliphatic carbocycles. The monoisotopic (exact) mass is 266 g/mol. The van der Waals surface area contributed by atoms with Crippen molar-refractivity contribution >= 4 is 0 Å². The van der Waals surface area contributed by atoms with Crippen LogP contribution in [0.5, 0.6) is 0 Å². The van der Waals surface area contributed by atoms with Crippen LogP contribution in [0.2, 0.25) is 0 Å². The molecule has 1 fully saturated rings. The van der Waals surface area contributed by atoms with Crippen LogP contribution in [0.15, 0.2) is 18.3 Å². The Morgan fingerprint density at radius 3 is 2.84 bits per heavy atom. The van der Waals surface area contributed by atoms with E-state index in [1.807, 2.05) is 0 Å². The first kappa shape index (κ1) is 14.4. The summed E-state index contributed by atoms with van der Waals surface area (Å²) in [6.07, 6.45) is 2.47. The minimum absolute atomic E-state index is 0.365. The number of likely N-dealkylation sites (tertiary alicyclic amines) is 1. The molecule has 2 unspecified atom stereocenters. The highest BCUT2D eigenvalue weighted by molar-refractivity contribution is 5.08. The van der Waals surface area contributed by atoms with E-state index in [2.05, 4.69) is 23.7 Å². The van der Waals surface area contributed by atoms with E-state index in [0.29, 0.717) is 12.1 Å². The lowest BCUT2D eigenvalue weighted by Crippen LogP contribution is -2.24. The molecule has 0 aromatic carbocycles. The highest BCUT2D eigenvalue weighted by Gasteiger charge is 2.25. The molecule has 2 atom stereocenters. The van der Waals surface area contributed by atoms with Crippen LogP contribution in [0.25, 0.3) is 0 Å². The highest BCUT2D eigenvalue weighted by atomic mass is 19.1. The van der Waals surface area contributed by atoms with E-state index in [1.54, 1.807) is 6.07 Å². The van der Waals surface area contributed by atoms with E-state index in [4.69, 9.17) is 0 Å². The second-order valence-corrected chi connectivity index (χ2v) is 5.80. The zero-order valence-corrected chi connectivity index (χ0v) is 11.7. The van der Waals surface area contributed by atoms with Crippen molar-refractivity contribution in [3.8, 4) is 0 Å². The second kappa shape index (κ2) is 6.44. The Morgan fingerprint density at radius 2 is 2.26 bits per heavy atom. The summed E-state index contributed by atoms with van der Waals surface area (Å²) in [5.74, 6) is 1.14. The van der Waals surface area contributed by atoms with E-state index >= 15 is 0 Å². The van der Waals surface area contributed by atoms with Gasteiger partial charge in [0.15, 0.2) is 0 Å². The number of halogens is 1. The van der Waals surface area contributed by atoms with E-state index < -0.39 is 6.10 Å². The van der Waals surface area contributed by atoms with Crippen molar-refractivity contribution in [1.82, 2.24) is 9.88 Å². The second-order valence-electron chi connectivity index (χ2n) is 5.80. The predicted octanol–water partition coefficient (Wildman–Crippen LogP) is 2.62. The molecule has 106 valence electrons. The Bertz CT molecular complexity index is 394. The Morgan fingerprint density at radius 1 is 1.47 bits per heavy atom. The summed E-state index contributed by atoms with van der Waals surface area (Å²) in [6, 6.07) is 2.90. The first-order valence-corrected chi connectivity index (χ1v) is 7.08. The van der Waals surface area contributed by atoms with Crippen molar-refractivity contribution in [2.24, 2.45) is 11.8 Å². The number of rotatable bonds is 5. The molecule has 0 bridgehead atoms. The third-order valence-corrected chi connectivity index (χ3v) is 4.06. The summed E-state index contributed by atoms with van der Waals surface area (Å²) >= 11 is 0. The molecule has 1 N–H and O–H groups in total. The molecule has 0 radical (unpaired) electrons. The van der Waals surface area contributed by atoms with Gasteiger partial charge in [0, 0.05) is 13.1 Å². The zero-order valence-electron chi connectivity index (χ0n) is 11.7. The average Bonchev–Trinajstić information content (AvgIpc) is 2.86. The summed E-state index contributed by atoms with van der Waals surface area (Å²) in [7, 11) is 0. The quantitative estimate of drug-likeness (QED) is 0.890. The number of hydrogen-bond acceptors (Lipinski definition) is 3. The SMILES string of the molecule is CC(C)C1CCN(CCC(O)c2ccc(F)cn2)C1. The molecule has 4 heteroatoms. The zero-order chi connectivity index (χ0) is 13.8. The normalized spacial score (nSPS) is 22.1. The number of aliphatic hydroxyl groups excluding tert-OH is 1. The maximum atomic E-state index is 12.7. The molecular formula is C15H23FN2O. The van der Waals surface area contributed by atoms with Gasteiger partial charge in [0.05, 0.1) is 18.0 Å². The van der Waals surface area contributed by atoms with Crippen molar-refractivity contribution < 1.29 is 9.50 Å². The molecule has 3 nitrogen and oxygen atoms in total. The van der Waals surface area contributed by atoms with Crippen LogP contribution in [0.1, 0.15) is 38.5 Å². The molecule has 1 aromatic heterocycles. The van der Waals surface area contributed by atoms with Gasteiger partial charge in [-0.25, -0.2) is 4.39 Å². The smallest absolute Gasteiger partial charge is 0.141 e. The van der Waals surface area contributed by atoms with Gasteiger partial charge in [0.1, 0.15) is 5.82 Å². The molecule has 2 rings (SSSR count). The molecule has 1 aliphatic rings. The lowest BCUT2D eigenvalue weighted by Gasteiger charge is -2.19. The lowest BCUT2D eigenvalue weighted by molar-refractivity contribution is 0.143. The number of hydrogen-bond donors (Lipinski definition) is 1. The summed E-state index contributed by atoms with van der Waals surface area (Å²) in [4.78, 5) is 6.32. The minimum atomic E-state index is -0.598. The van der Waals surface area contributed by atoms with Gasteiger partial charge in [-0.1, -0.05) is 13.8 Å². The van der Waals surface area contributed by atoms with Crippen LogP contribution in [0, 0.1) is 17.7 Å². The maximum absolute atomic E-state index is 12.7. The number of aromatic nitrogens is 1. The predicted molar refractivity (Wildman–Crippen MR) is 73.2 cm³/mol. The molecule has 1 aliphatic heterocycles. The van der Waals surface area contributed by atoms with E-state index in [1.165, 1.54) is 12.5 Å². The van der Waals surface area contributed by atoms with Crippen LogP contribution < -0.4 is 0 Å². The van der Waals surface area contributed by atoms with Crippen LogP contribution >= 0.6 is 0 Å². The third-order valence-electron chi connectivity index (χ3n) is 4.06. The Hall–Kier alpha value is -1.00. The molecular weight excluding hydrogens is 243 g/mol. The topological polar surface area (TPSA) is 36.4 Å². The van der Waals surface area contributed by atoms with Gasteiger partial charge in [-0.2, -0.15) is 0 Å². The van der Waals surface area contributed by atoms with Gasteiger partial charge in [0.25, 0.3) is 0 Å². The number of aliphatic hydroxyl groups is 1. The average molecular weight is 266 g/mol. The van der Waals surface area contributed by atoms with Gasteiger partial charge in [-0.15, -0.1) is 0 Å². The van der Waals surface area contributed by atoms with Gasteiger partial charge < -0.3 is 10.0 Å². The number of nitrogens with zero attached hydrogens (tertiary/aromatic N) is 2.